The lowest BCUT2D eigenvalue weighted by molar-refractivity contribution is -0.114. The average molecular weight is 532 g/mol. The number of allylic oxidation sites excluding steroid dienone is 8. The molecule has 4 N–H and O–H groups in total. The zero-order valence-corrected chi connectivity index (χ0v) is 23.8. The number of carbonyl (C=O) groups is 1. The number of primary amides is 1. The van der Waals surface area contributed by atoms with Gasteiger partial charge in [0.2, 0.25) is 5.91 Å². The molecule has 212 valence electrons. The average Bonchev–Trinajstić information content (AvgIpc) is 3.03. The maximum Gasteiger partial charge on any atom is 0.248 e. The fraction of sp³-hybridized carbons (Fsp3) is 0.500. The molecule has 0 saturated carbocycles. The van der Waals surface area contributed by atoms with E-state index in [1.807, 2.05) is 39.8 Å². The van der Waals surface area contributed by atoms with Crippen LogP contribution in [0.25, 0.3) is 0 Å². The molecule has 0 bridgehead atoms. The second-order valence-corrected chi connectivity index (χ2v) is 8.44. The lowest BCUT2D eigenvalue weighted by atomic mass is 9.95. The summed E-state index contributed by atoms with van der Waals surface area (Å²) < 4.78 is 24.8. The molecule has 1 atom stereocenters. The third-order valence-electron chi connectivity index (χ3n) is 5.57. The van der Waals surface area contributed by atoms with E-state index in [-0.39, 0.29) is 17.3 Å². The van der Waals surface area contributed by atoms with Gasteiger partial charge in [-0.25, -0.2) is 8.78 Å². The van der Waals surface area contributed by atoms with E-state index in [1.165, 1.54) is 45.4 Å². The van der Waals surface area contributed by atoms with E-state index in [2.05, 4.69) is 27.4 Å². The van der Waals surface area contributed by atoms with Gasteiger partial charge in [-0.1, -0.05) is 58.1 Å². The van der Waals surface area contributed by atoms with Crippen LogP contribution in [-0.2, 0) is 4.79 Å². The first-order valence-electron chi connectivity index (χ1n) is 13.5. The van der Waals surface area contributed by atoms with Crippen molar-refractivity contribution in [1.82, 2.24) is 10.7 Å². The first-order chi connectivity index (χ1) is 18.3. The molecule has 1 aliphatic carbocycles. The third kappa shape index (κ3) is 14.6. The van der Waals surface area contributed by atoms with Crippen LogP contribution in [0.5, 0.6) is 0 Å². The Labute approximate surface area is 228 Å². The number of halogens is 2. The van der Waals surface area contributed by atoms with Crippen LogP contribution in [0.15, 0.2) is 81.5 Å². The number of rotatable bonds is 5. The third-order valence-corrected chi connectivity index (χ3v) is 5.57. The van der Waals surface area contributed by atoms with Crippen molar-refractivity contribution in [1.29, 1.82) is 0 Å². The molecule has 2 aliphatic heterocycles. The van der Waals surface area contributed by atoms with Crippen LogP contribution in [0, 0.1) is 5.92 Å². The number of aliphatic imine (C=N–C) groups is 1. The molecule has 0 aromatic heterocycles. The van der Waals surface area contributed by atoms with Crippen LogP contribution in [0.3, 0.4) is 0 Å². The summed E-state index contributed by atoms with van der Waals surface area (Å²) in [4.78, 5) is 15.6. The minimum atomic E-state index is -0.448. The van der Waals surface area contributed by atoms with Gasteiger partial charge in [-0.05, 0) is 63.9 Å². The normalized spacial score (nSPS) is 23.3. The van der Waals surface area contributed by atoms with Crippen LogP contribution in [0.1, 0.15) is 66.7 Å². The van der Waals surface area contributed by atoms with Gasteiger partial charge in [0.15, 0.2) is 0 Å². The minimum absolute atomic E-state index is 0.0815. The summed E-state index contributed by atoms with van der Waals surface area (Å²) in [6, 6.07) is 0. The zero-order chi connectivity index (χ0) is 28.8. The maximum atomic E-state index is 12.4. The molecular formula is C30H47F2N5O. The number of nitrogens with one attached hydrogen (secondary N) is 2. The van der Waals surface area contributed by atoms with Crippen LogP contribution < -0.4 is 16.5 Å². The van der Waals surface area contributed by atoms with E-state index in [9.17, 15) is 13.6 Å². The second kappa shape index (κ2) is 21.9. The smallest absolute Gasteiger partial charge is 0.248 e. The van der Waals surface area contributed by atoms with Gasteiger partial charge in [0.25, 0.3) is 0 Å². The monoisotopic (exact) mass is 531 g/mol. The summed E-state index contributed by atoms with van der Waals surface area (Å²) in [5.41, 5.74) is 10.6. The molecule has 38 heavy (non-hydrogen) atoms. The Bertz CT molecular complexity index is 927. The standard InChI is InChI=1S/C16H22N4O.C7H8F2.C5H11N.C2H6/c1-4-13(8-10-18-5-2)15-12(3)11-14(16(17)21)7-6-9-19-20-15;1-5-6(8)3-2-4-7(5)9;1-2-4-6-5-3-1;1-2/h4,6-8,10-12,19H,1,5,9H2,2-3H3,(H2,17,21);3H,2,4H2,1H3;6H,1-5H2;1-2H3/b7-6-,13-8+,14-11+,18-10?,20-15+;;;. The highest BCUT2D eigenvalue weighted by atomic mass is 19.1. The minimum Gasteiger partial charge on any atom is -0.366 e. The number of hydrogen-bond donors (Lipinski definition) is 3. The van der Waals surface area contributed by atoms with Gasteiger partial charge in [0.05, 0.1) is 12.3 Å². The number of hydrazone groups is 1. The molecule has 8 heteroatoms. The molecule has 1 unspecified atom stereocenters. The SMILES string of the molecule is C1CCNCC1.C=CC(=C\C=NCC)/C1=N/NC/C=C\C(C(N)=O)=C/C1C.CC.CC1=C(F)CCC=C1F. The van der Waals surface area contributed by atoms with Crippen molar-refractivity contribution in [3.8, 4) is 0 Å². The molecule has 0 radical (unpaired) electrons. The Balaban J connectivity index is 0.000000652. The number of piperidine rings is 1. The Morgan fingerprint density at radius 1 is 1.26 bits per heavy atom. The maximum absolute atomic E-state index is 12.4. The van der Waals surface area contributed by atoms with Gasteiger partial charge in [-0.3, -0.25) is 9.79 Å². The molecule has 3 rings (SSSR count). The van der Waals surface area contributed by atoms with Crippen LogP contribution in [0.2, 0.25) is 0 Å². The van der Waals surface area contributed by atoms with Crippen LogP contribution >= 0.6 is 0 Å². The molecule has 0 spiro atoms. The van der Waals surface area contributed by atoms with Crippen LogP contribution in [0.4, 0.5) is 8.78 Å². The van der Waals surface area contributed by atoms with Crippen molar-refractivity contribution in [3.05, 3.63) is 71.4 Å². The fourth-order valence-electron chi connectivity index (χ4n) is 3.46. The summed E-state index contributed by atoms with van der Waals surface area (Å²) in [7, 11) is 0. The predicted octanol–water partition coefficient (Wildman–Crippen LogP) is 6.42. The summed E-state index contributed by atoms with van der Waals surface area (Å²) >= 11 is 0. The van der Waals surface area contributed by atoms with Crippen molar-refractivity contribution in [2.24, 2.45) is 21.7 Å². The van der Waals surface area contributed by atoms with Gasteiger partial charge in [0, 0.05) is 36.2 Å². The quantitative estimate of drug-likeness (QED) is 0.282. The van der Waals surface area contributed by atoms with Crippen molar-refractivity contribution in [3.63, 3.8) is 0 Å². The Morgan fingerprint density at radius 2 is 1.95 bits per heavy atom. The fourth-order valence-corrected chi connectivity index (χ4v) is 3.46. The van der Waals surface area contributed by atoms with E-state index in [0.717, 1.165) is 17.8 Å². The Kier molecular flexibility index (Phi) is 20.1. The van der Waals surface area contributed by atoms with E-state index < -0.39 is 11.7 Å². The van der Waals surface area contributed by atoms with Gasteiger partial charge < -0.3 is 16.5 Å². The van der Waals surface area contributed by atoms with E-state index in [0.29, 0.717) is 25.0 Å². The highest BCUT2D eigenvalue weighted by molar-refractivity contribution is 6.08. The molecule has 1 fully saturated rings. The summed E-state index contributed by atoms with van der Waals surface area (Å²) in [5, 5.41) is 7.67. The zero-order valence-electron chi connectivity index (χ0n) is 23.8. The van der Waals surface area contributed by atoms with Gasteiger partial charge in [-0.15, -0.1) is 0 Å². The molecule has 6 nitrogen and oxygen atoms in total. The highest BCUT2D eigenvalue weighted by Gasteiger charge is 2.15. The van der Waals surface area contributed by atoms with E-state index in [4.69, 9.17) is 5.73 Å². The molecule has 0 aromatic rings. The summed E-state index contributed by atoms with van der Waals surface area (Å²) in [6.45, 7) is 16.9. The lowest BCUT2D eigenvalue weighted by Crippen LogP contribution is -2.21. The number of hydrogen-bond acceptors (Lipinski definition) is 5. The van der Waals surface area contributed by atoms with E-state index >= 15 is 0 Å². The van der Waals surface area contributed by atoms with E-state index in [1.54, 1.807) is 24.4 Å². The Hall–Kier alpha value is -3.13. The summed E-state index contributed by atoms with van der Waals surface area (Å²) in [5.74, 6) is -1.24. The highest BCUT2D eigenvalue weighted by Crippen LogP contribution is 2.25. The largest absolute Gasteiger partial charge is 0.366 e. The van der Waals surface area contributed by atoms with Gasteiger partial charge in [-0.2, -0.15) is 5.10 Å². The summed E-state index contributed by atoms with van der Waals surface area (Å²) in [6.07, 6.45) is 17.1. The molecule has 2 heterocycles. The van der Waals surface area contributed by atoms with Gasteiger partial charge >= 0.3 is 0 Å². The van der Waals surface area contributed by atoms with Crippen LogP contribution in [-0.4, -0.2) is 44.0 Å². The lowest BCUT2D eigenvalue weighted by Gasteiger charge is -2.12. The molecule has 0 aromatic carbocycles. The number of amides is 1. The molecule has 3 aliphatic rings. The molecule has 1 saturated heterocycles. The Morgan fingerprint density at radius 3 is 2.42 bits per heavy atom. The van der Waals surface area contributed by atoms with Gasteiger partial charge in [0.1, 0.15) is 11.7 Å². The number of nitrogens with zero attached hydrogens (tertiary/aromatic N) is 2. The first-order valence-corrected chi connectivity index (χ1v) is 13.5. The van der Waals surface area contributed by atoms with Crippen molar-refractivity contribution in [2.45, 2.75) is 66.7 Å². The second-order valence-electron chi connectivity index (χ2n) is 8.44. The molecule has 1 amide bonds. The van der Waals surface area contributed by atoms with Crippen molar-refractivity contribution < 1.29 is 13.6 Å². The molecular weight excluding hydrogens is 484 g/mol. The topological polar surface area (TPSA) is 91.9 Å². The predicted molar refractivity (Wildman–Crippen MR) is 159 cm³/mol. The van der Waals surface area contributed by atoms with Crippen molar-refractivity contribution >= 4 is 17.8 Å². The first kappa shape index (κ1) is 34.9. The number of carbonyl (C=O) groups excluding carboxylic acids is 1. The van der Waals surface area contributed by atoms with Crippen molar-refractivity contribution in [2.75, 3.05) is 26.2 Å². The number of nitrogens with two attached hydrogens (primary N) is 1.